The highest BCUT2D eigenvalue weighted by Gasteiger charge is 2.25. The summed E-state index contributed by atoms with van der Waals surface area (Å²) in [6.07, 6.45) is 4.11. The van der Waals surface area contributed by atoms with Crippen LogP contribution >= 0.6 is 0 Å². The van der Waals surface area contributed by atoms with Gasteiger partial charge in [0.1, 0.15) is 5.75 Å². The molecule has 1 unspecified atom stereocenters. The standard InChI is InChI=1S/C11H14N2O2/c1-15-10-3-5-13-7-9(10)11(14)8-2-4-12-6-8/h3,5,7-8,12H,2,4,6H2,1H3. The van der Waals surface area contributed by atoms with Gasteiger partial charge in [-0.15, -0.1) is 0 Å². The fourth-order valence-electron chi connectivity index (χ4n) is 1.84. The second kappa shape index (κ2) is 4.40. The van der Waals surface area contributed by atoms with E-state index in [4.69, 9.17) is 4.74 Å². The molecule has 1 aromatic rings. The van der Waals surface area contributed by atoms with Crippen LogP contribution in [0, 0.1) is 5.92 Å². The Balaban J connectivity index is 2.24. The lowest BCUT2D eigenvalue weighted by molar-refractivity contribution is 0.0927. The number of carbonyl (C=O) groups excluding carboxylic acids is 1. The van der Waals surface area contributed by atoms with Crippen molar-refractivity contribution in [2.24, 2.45) is 5.92 Å². The number of rotatable bonds is 3. The normalized spacial score (nSPS) is 20.2. The van der Waals surface area contributed by atoms with Gasteiger partial charge in [-0.25, -0.2) is 0 Å². The third-order valence-corrected chi connectivity index (χ3v) is 2.70. The Hall–Kier alpha value is -1.42. The van der Waals surface area contributed by atoms with E-state index in [1.54, 1.807) is 25.6 Å². The number of aromatic nitrogens is 1. The number of hydrogen-bond acceptors (Lipinski definition) is 4. The summed E-state index contributed by atoms with van der Waals surface area (Å²) in [5.74, 6) is 0.815. The van der Waals surface area contributed by atoms with E-state index in [9.17, 15) is 4.79 Å². The number of ketones is 1. The number of carbonyl (C=O) groups is 1. The van der Waals surface area contributed by atoms with Crippen LogP contribution in [0.3, 0.4) is 0 Å². The highest BCUT2D eigenvalue weighted by atomic mass is 16.5. The van der Waals surface area contributed by atoms with E-state index in [0.29, 0.717) is 11.3 Å². The maximum absolute atomic E-state index is 12.1. The van der Waals surface area contributed by atoms with Crippen LogP contribution in [-0.4, -0.2) is 31.0 Å². The minimum Gasteiger partial charge on any atom is -0.496 e. The first kappa shape index (κ1) is 10.1. The van der Waals surface area contributed by atoms with Gasteiger partial charge in [0.15, 0.2) is 5.78 Å². The van der Waals surface area contributed by atoms with Crippen molar-refractivity contribution in [1.82, 2.24) is 10.3 Å². The van der Waals surface area contributed by atoms with Crippen molar-refractivity contribution in [1.29, 1.82) is 0 Å². The first-order valence-electron chi connectivity index (χ1n) is 5.06. The molecule has 0 aromatic carbocycles. The van der Waals surface area contributed by atoms with Gasteiger partial charge >= 0.3 is 0 Å². The summed E-state index contributed by atoms with van der Waals surface area (Å²) in [5.41, 5.74) is 0.591. The van der Waals surface area contributed by atoms with Crippen molar-refractivity contribution in [3.05, 3.63) is 24.0 Å². The number of nitrogens with zero attached hydrogens (tertiary/aromatic N) is 1. The molecular formula is C11H14N2O2. The van der Waals surface area contributed by atoms with Gasteiger partial charge in [0.05, 0.1) is 12.7 Å². The fourth-order valence-corrected chi connectivity index (χ4v) is 1.84. The molecule has 1 N–H and O–H groups in total. The van der Waals surface area contributed by atoms with Gasteiger partial charge in [-0.3, -0.25) is 9.78 Å². The molecule has 1 aliphatic rings. The first-order valence-corrected chi connectivity index (χ1v) is 5.06. The van der Waals surface area contributed by atoms with E-state index < -0.39 is 0 Å². The predicted octanol–water partition coefficient (Wildman–Crippen LogP) is 0.882. The lowest BCUT2D eigenvalue weighted by atomic mass is 9.97. The summed E-state index contributed by atoms with van der Waals surface area (Å²) in [7, 11) is 1.57. The molecule has 0 bridgehead atoms. The molecule has 4 heteroatoms. The van der Waals surface area contributed by atoms with E-state index in [1.807, 2.05) is 0 Å². The average Bonchev–Trinajstić information content (AvgIpc) is 2.81. The zero-order chi connectivity index (χ0) is 10.7. The molecule has 0 radical (unpaired) electrons. The van der Waals surface area contributed by atoms with E-state index >= 15 is 0 Å². The number of pyridine rings is 1. The zero-order valence-electron chi connectivity index (χ0n) is 8.69. The molecule has 1 saturated heterocycles. The van der Waals surface area contributed by atoms with Crippen molar-refractivity contribution in [2.45, 2.75) is 6.42 Å². The van der Waals surface area contributed by atoms with E-state index in [0.717, 1.165) is 19.5 Å². The van der Waals surface area contributed by atoms with Crippen LogP contribution < -0.4 is 10.1 Å². The summed E-state index contributed by atoms with van der Waals surface area (Å²) < 4.78 is 5.14. The summed E-state index contributed by atoms with van der Waals surface area (Å²) in [6, 6.07) is 1.72. The smallest absolute Gasteiger partial charge is 0.172 e. The zero-order valence-corrected chi connectivity index (χ0v) is 8.69. The van der Waals surface area contributed by atoms with Crippen LogP contribution in [0.2, 0.25) is 0 Å². The number of hydrogen-bond donors (Lipinski definition) is 1. The van der Waals surface area contributed by atoms with E-state index in [-0.39, 0.29) is 11.7 Å². The van der Waals surface area contributed by atoms with Gasteiger partial charge in [0.25, 0.3) is 0 Å². The van der Waals surface area contributed by atoms with Crippen LogP contribution in [0.25, 0.3) is 0 Å². The number of nitrogens with one attached hydrogen (secondary N) is 1. The Bertz CT molecular complexity index is 359. The van der Waals surface area contributed by atoms with Gasteiger partial charge in [-0.05, 0) is 19.0 Å². The minimum absolute atomic E-state index is 0.0723. The van der Waals surface area contributed by atoms with Crippen molar-refractivity contribution in [2.75, 3.05) is 20.2 Å². The number of ether oxygens (including phenoxy) is 1. The Morgan fingerprint density at radius 3 is 3.20 bits per heavy atom. The molecule has 1 aromatic heterocycles. The quantitative estimate of drug-likeness (QED) is 0.746. The number of methoxy groups -OCH3 is 1. The summed E-state index contributed by atoms with van der Waals surface area (Å²) in [4.78, 5) is 16.0. The Kier molecular flexibility index (Phi) is 2.97. The molecule has 0 amide bonds. The lowest BCUT2D eigenvalue weighted by Crippen LogP contribution is -2.18. The van der Waals surface area contributed by atoms with Gasteiger partial charge in [-0.2, -0.15) is 0 Å². The van der Waals surface area contributed by atoms with Crippen LogP contribution in [-0.2, 0) is 0 Å². The van der Waals surface area contributed by atoms with Crippen molar-refractivity contribution in [3.8, 4) is 5.75 Å². The molecule has 1 aliphatic heterocycles. The van der Waals surface area contributed by atoms with Gasteiger partial charge in [0.2, 0.25) is 0 Å². The van der Waals surface area contributed by atoms with Crippen molar-refractivity contribution < 1.29 is 9.53 Å². The van der Waals surface area contributed by atoms with Crippen LogP contribution in [0.4, 0.5) is 0 Å². The molecule has 1 fully saturated rings. The molecular weight excluding hydrogens is 192 g/mol. The van der Waals surface area contributed by atoms with Gasteiger partial charge in [-0.1, -0.05) is 0 Å². The molecule has 2 heterocycles. The van der Waals surface area contributed by atoms with Crippen molar-refractivity contribution in [3.63, 3.8) is 0 Å². The molecule has 4 nitrogen and oxygen atoms in total. The summed E-state index contributed by atoms with van der Waals surface area (Å²) >= 11 is 0. The highest BCUT2D eigenvalue weighted by molar-refractivity contribution is 6.00. The molecule has 2 rings (SSSR count). The number of Topliss-reactive ketones (excluding diaryl/α,β-unsaturated/α-hetero) is 1. The monoisotopic (exact) mass is 206 g/mol. The highest BCUT2D eigenvalue weighted by Crippen LogP contribution is 2.22. The Labute approximate surface area is 88.7 Å². The molecule has 0 aliphatic carbocycles. The first-order chi connectivity index (χ1) is 7.33. The van der Waals surface area contributed by atoms with E-state index in [2.05, 4.69) is 10.3 Å². The summed E-state index contributed by atoms with van der Waals surface area (Å²) in [6.45, 7) is 1.68. The van der Waals surface area contributed by atoms with Crippen LogP contribution in [0.5, 0.6) is 5.75 Å². The maximum Gasteiger partial charge on any atom is 0.172 e. The van der Waals surface area contributed by atoms with Crippen LogP contribution in [0.15, 0.2) is 18.5 Å². The Morgan fingerprint density at radius 2 is 2.53 bits per heavy atom. The molecule has 1 atom stereocenters. The second-order valence-electron chi connectivity index (χ2n) is 3.63. The maximum atomic E-state index is 12.1. The third kappa shape index (κ3) is 1.99. The van der Waals surface area contributed by atoms with Crippen molar-refractivity contribution >= 4 is 5.78 Å². The third-order valence-electron chi connectivity index (χ3n) is 2.70. The molecule has 80 valence electrons. The second-order valence-corrected chi connectivity index (χ2v) is 3.63. The topological polar surface area (TPSA) is 51.2 Å². The fraction of sp³-hybridized carbons (Fsp3) is 0.455. The van der Waals surface area contributed by atoms with E-state index in [1.165, 1.54) is 0 Å². The minimum atomic E-state index is 0.0723. The molecule has 15 heavy (non-hydrogen) atoms. The van der Waals surface area contributed by atoms with Crippen LogP contribution in [0.1, 0.15) is 16.8 Å². The Morgan fingerprint density at radius 1 is 1.67 bits per heavy atom. The van der Waals surface area contributed by atoms with Gasteiger partial charge < -0.3 is 10.1 Å². The molecule has 0 saturated carbocycles. The SMILES string of the molecule is COc1ccncc1C(=O)C1CCNC1. The largest absolute Gasteiger partial charge is 0.496 e. The summed E-state index contributed by atoms with van der Waals surface area (Å²) in [5, 5.41) is 3.18. The molecule has 0 spiro atoms. The predicted molar refractivity (Wildman–Crippen MR) is 56.1 cm³/mol. The van der Waals surface area contributed by atoms with Gasteiger partial charge in [0, 0.05) is 24.9 Å². The lowest BCUT2D eigenvalue weighted by Gasteiger charge is -2.10. The average molecular weight is 206 g/mol.